The number of esters is 1. The lowest BCUT2D eigenvalue weighted by atomic mass is 9.82. The first-order valence-electron chi connectivity index (χ1n) is 10.6. The molecule has 3 aromatic rings. The Labute approximate surface area is 190 Å². The van der Waals surface area contributed by atoms with Gasteiger partial charge >= 0.3 is 11.7 Å². The molecule has 0 radical (unpaired) electrons. The van der Waals surface area contributed by atoms with Crippen LogP contribution in [0.5, 0.6) is 5.75 Å². The summed E-state index contributed by atoms with van der Waals surface area (Å²) in [6, 6.07) is 4.69. The average Bonchev–Trinajstić information content (AvgIpc) is 2.74. The Balaban J connectivity index is 1.93. The first-order chi connectivity index (χ1) is 15.6. The van der Waals surface area contributed by atoms with E-state index < -0.39 is 29.4 Å². The van der Waals surface area contributed by atoms with Crippen molar-refractivity contribution in [1.82, 2.24) is 9.55 Å². The number of hydrogen-bond donors (Lipinski definition) is 0. The first kappa shape index (κ1) is 24.2. The molecule has 0 N–H and O–H groups in total. The number of fused-ring (bicyclic) bond motifs is 1. The second-order valence-corrected chi connectivity index (χ2v) is 8.32. The van der Waals surface area contributed by atoms with Crippen LogP contribution in [0.3, 0.4) is 0 Å². The summed E-state index contributed by atoms with van der Waals surface area (Å²) in [6.07, 6.45) is 0.737. The van der Waals surface area contributed by atoms with Crippen LogP contribution in [-0.2, 0) is 9.53 Å². The Bertz CT molecular complexity index is 1300. The maximum Gasteiger partial charge on any atom is 0.423 e. The largest absolute Gasteiger partial charge is 0.493 e. The second kappa shape index (κ2) is 9.56. The molecule has 0 aliphatic carbocycles. The average molecular weight is 458 g/mol. The zero-order valence-electron chi connectivity index (χ0n) is 19.4. The van der Waals surface area contributed by atoms with Crippen LogP contribution in [0.1, 0.15) is 50.8 Å². The van der Waals surface area contributed by atoms with Gasteiger partial charge in [0, 0.05) is 18.2 Å². The number of halogens is 1. The van der Waals surface area contributed by atoms with Gasteiger partial charge in [-0.3, -0.25) is 4.79 Å². The Hall–Kier alpha value is -3.49. The number of aromatic nitrogens is 2. The van der Waals surface area contributed by atoms with E-state index in [1.807, 2.05) is 13.8 Å². The molecule has 2 aromatic heterocycles. The minimum absolute atomic E-state index is 0.0670. The lowest BCUT2D eigenvalue weighted by Gasteiger charge is -2.30. The van der Waals surface area contributed by atoms with Gasteiger partial charge in [-0.2, -0.15) is 0 Å². The van der Waals surface area contributed by atoms with Gasteiger partial charge in [-0.1, -0.05) is 19.9 Å². The maximum atomic E-state index is 13.6. The fourth-order valence-electron chi connectivity index (χ4n) is 4.14. The third-order valence-electron chi connectivity index (χ3n) is 5.74. The second-order valence-electron chi connectivity index (χ2n) is 8.32. The van der Waals surface area contributed by atoms with Crippen LogP contribution in [0.15, 0.2) is 44.5 Å². The van der Waals surface area contributed by atoms with E-state index in [-0.39, 0.29) is 34.5 Å². The predicted molar refractivity (Wildman–Crippen MR) is 120 cm³/mol. The Morgan fingerprint density at radius 3 is 2.45 bits per heavy atom. The van der Waals surface area contributed by atoms with Crippen molar-refractivity contribution in [2.24, 2.45) is 5.92 Å². The van der Waals surface area contributed by atoms with Crippen molar-refractivity contribution in [2.45, 2.75) is 52.7 Å². The van der Waals surface area contributed by atoms with Crippen LogP contribution in [0.2, 0.25) is 0 Å². The molecular formula is C24H27FN2O6. The van der Waals surface area contributed by atoms with Gasteiger partial charge in [0.1, 0.15) is 18.0 Å². The van der Waals surface area contributed by atoms with Crippen molar-refractivity contribution >= 4 is 17.1 Å². The number of pyridine rings is 1. The van der Waals surface area contributed by atoms with Gasteiger partial charge in [-0.25, -0.2) is 23.5 Å². The summed E-state index contributed by atoms with van der Waals surface area (Å²) in [5, 5.41) is 0. The predicted octanol–water partition coefficient (Wildman–Crippen LogP) is 3.74. The van der Waals surface area contributed by atoms with Crippen LogP contribution < -0.4 is 16.1 Å². The molecule has 0 saturated heterocycles. The molecule has 176 valence electrons. The molecule has 3 rings (SSSR count). The van der Waals surface area contributed by atoms with Gasteiger partial charge in [0.15, 0.2) is 11.3 Å². The smallest absolute Gasteiger partial charge is 0.423 e. The molecular weight excluding hydrogens is 431 g/mol. The van der Waals surface area contributed by atoms with Crippen molar-refractivity contribution < 1.29 is 23.1 Å². The zero-order chi connectivity index (χ0) is 24.4. The van der Waals surface area contributed by atoms with Gasteiger partial charge in [0.05, 0.1) is 7.11 Å². The van der Waals surface area contributed by atoms with Gasteiger partial charge in [0.2, 0.25) is 5.58 Å². The molecule has 1 aromatic carbocycles. The minimum Gasteiger partial charge on any atom is -0.493 e. The highest BCUT2D eigenvalue weighted by atomic mass is 19.1. The molecule has 3 atom stereocenters. The molecule has 0 spiro atoms. The number of carbonyl (C=O) groups is 1. The van der Waals surface area contributed by atoms with Gasteiger partial charge in [0.25, 0.3) is 5.56 Å². The molecule has 0 saturated carbocycles. The van der Waals surface area contributed by atoms with Gasteiger partial charge < -0.3 is 13.9 Å². The molecule has 8 nitrogen and oxygen atoms in total. The number of aryl methyl sites for hydroxylation is 1. The van der Waals surface area contributed by atoms with E-state index in [9.17, 15) is 18.8 Å². The van der Waals surface area contributed by atoms with E-state index in [0.717, 1.165) is 11.1 Å². The number of benzene rings is 1. The van der Waals surface area contributed by atoms with Gasteiger partial charge in [-0.15, -0.1) is 0 Å². The standard InChI is InChI=1S/C24H27FN2O6/c1-12(2)19(17-8-7-16(25)11-13(17)3)15(5)32-23(29)14(4)27-22(28)20-21(33-24(27)30)18(31-6)9-10-26-20/h7-12,14-15,19H,1-6H3/t14-,15-,19+/m0/s1. The maximum absolute atomic E-state index is 13.6. The molecule has 0 bridgehead atoms. The van der Waals surface area contributed by atoms with Crippen LogP contribution in [0.25, 0.3) is 11.1 Å². The number of nitrogens with zero attached hydrogens (tertiary/aromatic N) is 2. The summed E-state index contributed by atoms with van der Waals surface area (Å²) in [6.45, 7) is 8.86. The number of ether oxygens (including phenoxy) is 2. The van der Waals surface area contributed by atoms with Crippen LogP contribution >= 0.6 is 0 Å². The minimum atomic E-state index is -1.25. The van der Waals surface area contributed by atoms with E-state index in [1.54, 1.807) is 19.9 Å². The zero-order valence-corrected chi connectivity index (χ0v) is 19.4. The van der Waals surface area contributed by atoms with E-state index in [1.165, 1.54) is 38.4 Å². The lowest BCUT2D eigenvalue weighted by molar-refractivity contribution is -0.153. The van der Waals surface area contributed by atoms with Crippen LogP contribution in [-0.4, -0.2) is 28.7 Å². The highest BCUT2D eigenvalue weighted by Gasteiger charge is 2.31. The first-order valence-corrected chi connectivity index (χ1v) is 10.6. The highest BCUT2D eigenvalue weighted by Crippen LogP contribution is 2.33. The third-order valence-corrected chi connectivity index (χ3v) is 5.74. The van der Waals surface area contributed by atoms with Crippen molar-refractivity contribution in [2.75, 3.05) is 7.11 Å². The topological polar surface area (TPSA) is 101 Å². The SMILES string of the molecule is COc1ccnc2c(=O)n([C@@H](C)C(=O)O[C@@H](C)[C@H](c3ccc(F)cc3C)C(C)C)c(=O)oc12. The van der Waals surface area contributed by atoms with Crippen molar-refractivity contribution in [3.8, 4) is 5.75 Å². The van der Waals surface area contributed by atoms with E-state index in [4.69, 9.17) is 13.9 Å². The number of hydrogen-bond acceptors (Lipinski definition) is 7. The van der Waals surface area contributed by atoms with E-state index >= 15 is 0 Å². The monoisotopic (exact) mass is 458 g/mol. The quantitative estimate of drug-likeness (QED) is 0.497. The molecule has 0 aliphatic rings. The van der Waals surface area contributed by atoms with Crippen LogP contribution in [0.4, 0.5) is 4.39 Å². The number of carbonyl (C=O) groups excluding carboxylic acids is 1. The Kier molecular flexibility index (Phi) is 7.00. The summed E-state index contributed by atoms with van der Waals surface area (Å²) < 4.78 is 30.3. The Morgan fingerprint density at radius 1 is 1.15 bits per heavy atom. The summed E-state index contributed by atoms with van der Waals surface area (Å²) >= 11 is 0. The van der Waals surface area contributed by atoms with Crippen molar-refractivity contribution in [3.05, 3.63) is 68.3 Å². The highest BCUT2D eigenvalue weighted by molar-refractivity contribution is 5.78. The Morgan fingerprint density at radius 2 is 1.85 bits per heavy atom. The molecule has 0 fully saturated rings. The normalized spacial score (nSPS) is 14.2. The van der Waals surface area contributed by atoms with Gasteiger partial charge in [-0.05, 0) is 49.9 Å². The lowest BCUT2D eigenvalue weighted by Crippen LogP contribution is -2.40. The summed E-state index contributed by atoms with van der Waals surface area (Å²) in [5.74, 6) is -2.12. The third kappa shape index (κ3) is 4.67. The summed E-state index contributed by atoms with van der Waals surface area (Å²) in [7, 11) is 1.37. The van der Waals surface area contributed by atoms with E-state index in [2.05, 4.69) is 4.98 Å². The van der Waals surface area contributed by atoms with E-state index in [0.29, 0.717) is 4.57 Å². The number of rotatable bonds is 7. The molecule has 2 heterocycles. The fraction of sp³-hybridized carbons (Fsp3) is 0.417. The molecule has 9 heteroatoms. The fourth-order valence-corrected chi connectivity index (χ4v) is 4.14. The molecule has 0 unspecified atom stereocenters. The van der Waals surface area contributed by atoms with Crippen molar-refractivity contribution in [1.29, 1.82) is 0 Å². The molecule has 33 heavy (non-hydrogen) atoms. The van der Waals surface area contributed by atoms with Crippen LogP contribution in [0, 0.1) is 18.7 Å². The summed E-state index contributed by atoms with van der Waals surface area (Å²) in [5.41, 5.74) is 0.594. The molecule has 0 aliphatic heterocycles. The number of methoxy groups -OCH3 is 1. The summed E-state index contributed by atoms with van der Waals surface area (Å²) in [4.78, 5) is 42.4. The van der Waals surface area contributed by atoms with Crippen molar-refractivity contribution in [3.63, 3.8) is 0 Å². The molecule has 0 amide bonds.